The van der Waals surface area contributed by atoms with E-state index < -0.39 is 0 Å². The molecule has 0 aromatic heterocycles. The number of hydrogen-bond acceptors (Lipinski definition) is 2. The van der Waals surface area contributed by atoms with Crippen molar-refractivity contribution in [1.82, 2.24) is 0 Å². The van der Waals surface area contributed by atoms with Gasteiger partial charge in [-0.1, -0.05) is 36.4 Å². The van der Waals surface area contributed by atoms with Crippen LogP contribution in [0.3, 0.4) is 0 Å². The van der Waals surface area contributed by atoms with Crippen molar-refractivity contribution >= 4 is 15.9 Å². The number of nitrogens with two attached hydrogens (primary N) is 1. The molecule has 2 N–H and O–H groups in total. The second-order valence-corrected chi connectivity index (χ2v) is 5.11. The second kappa shape index (κ2) is 6.03. The average molecular weight is 306 g/mol. The van der Waals surface area contributed by atoms with E-state index in [0.29, 0.717) is 6.61 Å². The molecule has 0 saturated carbocycles. The summed E-state index contributed by atoms with van der Waals surface area (Å²) in [6, 6.07) is 16.1. The highest BCUT2D eigenvalue weighted by atomic mass is 79.9. The minimum atomic E-state index is 0.0319. The first-order valence-corrected chi connectivity index (χ1v) is 6.68. The minimum Gasteiger partial charge on any atom is -0.488 e. The van der Waals surface area contributed by atoms with Crippen molar-refractivity contribution < 1.29 is 4.74 Å². The lowest BCUT2D eigenvalue weighted by Gasteiger charge is -2.11. The van der Waals surface area contributed by atoms with Gasteiger partial charge in [-0.2, -0.15) is 0 Å². The average Bonchev–Trinajstić information content (AvgIpc) is 2.38. The van der Waals surface area contributed by atoms with E-state index in [2.05, 4.69) is 15.9 Å². The van der Waals surface area contributed by atoms with Gasteiger partial charge >= 0.3 is 0 Å². The van der Waals surface area contributed by atoms with Gasteiger partial charge < -0.3 is 10.5 Å². The minimum absolute atomic E-state index is 0.0319. The molecule has 0 bridgehead atoms. The molecule has 0 aliphatic rings. The van der Waals surface area contributed by atoms with Crippen LogP contribution in [0.4, 0.5) is 0 Å². The first-order valence-electron chi connectivity index (χ1n) is 5.88. The van der Waals surface area contributed by atoms with E-state index in [1.54, 1.807) is 0 Å². The Balaban J connectivity index is 2.06. The molecule has 2 nitrogen and oxygen atoms in total. The third-order valence-electron chi connectivity index (χ3n) is 2.72. The fraction of sp³-hybridized carbons (Fsp3) is 0.200. The lowest BCUT2D eigenvalue weighted by molar-refractivity contribution is 0.304. The zero-order valence-corrected chi connectivity index (χ0v) is 11.9. The van der Waals surface area contributed by atoms with Crippen LogP contribution in [-0.4, -0.2) is 0 Å². The van der Waals surface area contributed by atoms with Gasteiger partial charge in [0.05, 0.1) is 4.47 Å². The molecular weight excluding hydrogens is 290 g/mol. The number of hydrogen-bond donors (Lipinski definition) is 1. The molecule has 3 heteroatoms. The monoisotopic (exact) mass is 305 g/mol. The lowest BCUT2D eigenvalue weighted by Crippen LogP contribution is -2.05. The summed E-state index contributed by atoms with van der Waals surface area (Å²) in [6.07, 6.45) is 0. The topological polar surface area (TPSA) is 35.2 Å². The summed E-state index contributed by atoms with van der Waals surface area (Å²) in [7, 11) is 0. The van der Waals surface area contributed by atoms with E-state index in [9.17, 15) is 0 Å². The Bertz CT molecular complexity index is 511. The standard InChI is InChI=1S/C15H16BrNO/c1-11(17)13-7-8-15(14(16)9-13)18-10-12-5-3-2-4-6-12/h2-9,11H,10,17H2,1H3/t11-/m0/s1. The summed E-state index contributed by atoms with van der Waals surface area (Å²) in [5.41, 5.74) is 8.08. The van der Waals surface area contributed by atoms with Crippen molar-refractivity contribution in [3.05, 3.63) is 64.1 Å². The SMILES string of the molecule is C[C@H](N)c1ccc(OCc2ccccc2)c(Br)c1. The molecule has 18 heavy (non-hydrogen) atoms. The Morgan fingerprint density at radius 3 is 2.50 bits per heavy atom. The molecule has 0 radical (unpaired) electrons. The van der Waals surface area contributed by atoms with Crippen LogP contribution in [0.2, 0.25) is 0 Å². The van der Waals surface area contributed by atoms with Crippen molar-refractivity contribution in [1.29, 1.82) is 0 Å². The molecule has 1 atom stereocenters. The molecular formula is C15H16BrNO. The smallest absolute Gasteiger partial charge is 0.134 e. The van der Waals surface area contributed by atoms with E-state index >= 15 is 0 Å². The highest BCUT2D eigenvalue weighted by Gasteiger charge is 2.05. The van der Waals surface area contributed by atoms with Gasteiger partial charge in [0.25, 0.3) is 0 Å². The van der Waals surface area contributed by atoms with Gasteiger partial charge in [0.1, 0.15) is 12.4 Å². The number of halogens is 1. The van der Waals surface area contributed by atoms with Gasteiger partial charge in [-0.05, 0) is 46.1 Å². The van der Waals surface area contributed by atoms with E-state index in [1.807, 2.05) is 55.5 Å². The van der Waals surface area contributed by atoms with Gasteiger partial charge in [-0.15, -0.1) is 0 Å². The molecule has 2 aromatic carbocycles. The fourth-order valence-electron chi connectivity index (χ4n) is 1.65. The Labute approximate surface area is 116 Å². The molecule has 94 valence electrons. The zero-order chi connectivity index (χ0) is 13.0. The van der Waals surface area contributed by atoms with E-state index in [0.717, 1.165) is 21.3 Å². The second-order valence-electron chi connectivity index (χ2n) is 4.25. The summed E-state index contributed by atoms with van der Waals surface area (Å²) < 4.78 is 6.71. The normalized spacial score (nSPS) is 12.2. The summed E-state index contributed by atoms with van der Waals surface area (Å²) in [4.78, 5) is 0. The molecule has 0 unspecified atom stereocenters. The number of benzene rings is 2. The largest absolute Gasteiger partial charge is 0.488 e. The maximum atomic E-state index is 5.84. The predicted molar refractivity (Wildman–Crippen MR) is 77.5 cm³/mol. The summed E-state index contributed by atoms with van der Waals surface area (Å²) >= 11 is 3.51. The van der Waals surface area contributed by atoms with Crippen molar-refractivity contribution in [3.8, 4) is 5.75 Å². The van der Waals surface area contributed by atoms with E-state index in [-0.39, 0.29) is 6.04 Å². The molecule has 0 saturated heterocycles. The first-order chi connectivity index (χ1) is 8.66. The van der Waals surface area contributed by atoms with E-state index in [4.69, 9.17) is 10.5 Å². The first kappa shape index (κ1) is 13.1. The van der Waals surface area contributed by atoms with Gasteiger partial charge in [-0.25, -0.2) is 0 Å². The van der Waals surface area contributed by atoms with E-state index in [1.165, 1.54) is 0 Å². The van der Waals surface area contributed by atoms with Gasteiger partial charge in [0.2, 0.25) is 0 Å². The summed E-state index contributed by atoms with van der Waals surface area (Å²) in [5.74, 6) is 0.836. The Morgan fingerprint density at radius 2 is 1.89 bits per heavy atom. The van der Waals surface area contributed by atoms with Crippen LogP contribution < -0.4 is 10.5 Å². The Kier molecular flexibility index (Phi) is 4.39. The molecule has 0 aliphatic heterocycles. The van der Waals surface area contributed by atoms with Crippen LogP contribution in [0.1, 0.15) is 24.1 Å². The molecule has 2 aromatic rings. The van der Waals surface area contributed by atoms with Crippen molar-refractivity contribution in [2.45, 2.75) is 19.6 Å². The van der Waals surface area contributed by atoms with Crippen LogP contribution in [0.25, 0.3) is 0 Å². The Hall–Kier alpha value is -1.32. The lowest BCUT2D eigenvalue weighted by atomic mass is 10.1. The van der Waals surface area contributed by atoms with Gasteiger partial charge in [0.15, 0.2) is 0 Å². The van der Waals surface area contributed by atoms with Gasteiger partial charge in [-0.3, -0.25) is 0 Å². The summed E-state index contributed by atoms with van der Waals surface area (Å²) in [6.45, 7) is 2.53. The van der Waals surface area contributed by atoms with Crippen LogP contribution in [0.15, 0.2) is 53.0 Å². The predicted octanol–water partition coefficient (Wildman–Crippen LogP) is 4.05. The number of rotatable bonds is 4. The Morgan fingerprint density at radius 1 is 1.17 bits per heavy atom. The van der Waals surface area contributed by atoms with Crippen LogP contribution in [0, 0.1) is 0 Å². The van der Waals surface area contributed by atoms with Crippen molar-refractivity contribution in [2.75, 3.05) is 0 Å². The molecule has 0 fully saturated rings. The molecule has 0 heterocycles. The highest BCUT2D eigenvalue weighted by molar-refractivity contribution is 9.10. The fourth-order valence-corrected chi connectivity index (χ4v) is 2.16. The highest BCUT2D eigenvalue weighted by Crippen LogP contribution is 2.28. The third-order valence-corrected chi connectivity index (χ3v) is 3.34. The maximum absolute atomic E-state index is 5.84. The van der Waals surface area contributed by atoms with Gasteiger partial charge in [0, 0.05) is 6.04 Å². The zero-order valence-electron chi connectivity index (χ0n) is 10.3. The quantitative estimate of drug-likeness (QED) is 0.925. The van der Waals surface area contributed by atoms with Crippen LogP contribution in [-0.2, 0) is 6.61 Å². The third kappa shape index (κ3) is 3.34. The molecule has 0 aliphatic carbocycles. The van der Waals surface area contributed by atoms with Crippen molar-refractivity contribution in [2.24, 2.45) is 5.73 Å². The molecule has 0 spiro atoms. The molecule has 2 rings (SSSR count). The summed E-state index contributed by atoms with van der Waals surface area (Å²) in [5, 5.41) is 0. The van der Waals surface area contributed by atoms with Crippen LogP contribution in [0.5, 0.6) is 5.75 Å². The van der Waals surface area contributed by atoms with Crippen LogP contribution >= 0.6 is 15.9 Å². The maximum Gasteiger partial charge on any atom is 0.134 e. The number of ether oxygens (including phenoxy) is 1. The van der Waals surface area contributed by atoms with Crippen molar-refractivity contribution in [3.63, 3.8) is 0 Å². The molecule has 0 amide bonds.